The van der Waals surface area contributed by atoms with Crippen LogP contribution in [0.5, 0.6) is 0 Å². The number of amides is 2. The van der Waals surface area contributed by atoms with Crippen LogP contribution in [-0.2, 0) is 41.7 Å². The summed E-state index contributed by atoms with van der Waals surface area (Å²) in [7, 11) is -4.44. The van der Waals surface area contributed by atoms with Gasteiger partial charge < -0.3 is 24.3 Å². The van der Waals surface area contributed by atoms with Crippen LogP contribution < -0.4 is 10.2 Å². The van der Waals surface area contributed by atoms with Gasteiger partial charge in [0.1, 0.15) is 23.2 Å². The molecule has 2 aliphatic rings. The number of carbonyl (C=O) groups is 3. The van der Waals surface area contributed by atoms with Gasteiger partial charge in [-0.1, -0.05) is 16.4 Å². The van der Waals surface area contributed by atoms with Gasteiger partial charge in [-0.05, 0) is 44.5 Å². The van der Waals surface area contributed by atoms with Crippen LogP contribution in [0.1, 0.15) is 50.6 Å². The first-order valence-electron chi connectivity index (χ1n) is 13.4. The van der Waals surface area contributed by atoms with E-state index in [0.29, 0.717) is 6.07 Å². The molecule has 0 bridgehead atoms. The number of halogens is 4. The summed E-state index contributed by atoms with van der Waals surface area (Å²) in [5.74, 6) is -5.57. The highest BCUT2D eigenvalue weighted by Crippen LogP contribution is 2.35. The maximum absolute atomic E-state index is 15.4. The lowest BCUT2D eigenvalue weighted by molar-refractivity contribution is -0.159. The van der Waals surface area contributed by atoms with E-state index < -0.39 is 80.4 Å². The van der Waals surface area contributed by atoms with Crippen LogP contribution in [0.2, 0.25) is 0 Å². The molecule has 0 fully saturated rings. The highest BCUT2D eigenvalue weighted by Gasteiger charge is 2.41. The Hall–Kier alpha value is -4.94. The first-order valence-corrected chi connectivity index (χ1v) is 15.1. The van der Waals surface area contributed by atoms with Crippen molar-refractivity contribution in [2.24, 2.45) is 5.16 Å². The molecular weight excluding hydrogens is 644 g/mol. The van der Waals surface area contributed by atoms with E-state index in [-0.39, 0.29) is 41.1 Å². The van der Waals surface area contributed by atoms with Crippen molar-refractivity contribution in [1.29, 1.82) is 0 Å². The molecule has 46 heavy (non-hydrogen) atoms. The average Bonchev–Trinajstić information content (AvgIpc) is 3.44. The van der Waals surface area contributed by atoms with Gasteiger partial charge in [0.15, 0.2) is 9.84 Å². The first kappa shape index (κ1) is 32.5. The summed E-state index contributed by atoms with van der Waals surface area (Å²) in [6, 6.07) is 2.72. The predicted molar refractivity (Wildman–Crippen MR) is 147 cm³/mol. The number of hydrogen-bond acceptors (Lipinski definition) is 12. The molecule has 19 heteroatoms. The molecule has 1 N–H and O–H groups in total. The Morgan fingerprint density at radius 2 is 1.89 bits per heavy atom. The van der Waals surface area contributed by atoms with Crippen molar-refractivity contribution >= 4 is 39.2 Å². The fraction of sp³-hybridized carbons (Fsp3) is 0.370. The molecule has 2 amide bonds. The van der Waals surface area contributed by atoms with Gasteiger partial charge in [-0.2, -0.15) is 18.2 Å². The summed E-state index contributed by atoms with van der Waals surface area (Å²) in [4.78, 5) is 50.4. The van der Waals surface area contributed by atoms with Crippen molar-refractivity contribution in [2.45, 2.75) is 62.9 Å². The van der Waals surface area contributed by atoms with Crippen molar-refractivity contribution in [1.82, 2.24) is 20.4 Å². The van der Waals surface area contributed by atoms with Gasteiger partial charge in [0.2, 0.25) is 5.82 Å². The Labute approximate surface area is 257 Å². The Kier molecular flexibility index (Phi) is 8.30. The summed E-state index contributed by atoms with van der Waals surface area (Å²) in [5, 5.41) is 9.16. The fourth-order valence-electron chi connectivity index (χ4n) is 4.51. The molecule has 244 valence electrons. The second-order valence-corrected chi connectivity index (χ2v) is 13.2. The van der Waals surface area contributed by atoms with Gasteiger partial charge in [0.05, 0.1) is 35.0 Å². The maximum atomic E-state index is 15.4. The number of nitrogens with zero attached hydrogens (tertiary/aromatic N) is 5. The van der Waals surface area contributed by atoms with Gasteiger partial charge in [0.25, 0.3) is 5.91 Å². The van der Waals surface area contributed by atoms with E-state index in [1.54, 1.807) is 20.8 Å². The molecular formula is C27H24F4N6O8S. The van der Waals surface area contributed by atoms with Gasteiger partial charge >= 0.3 is 24.1 Å². The number of anilines is 1. The van der Waals surface area contributed by atoms with Crippen molar-refractivity contribution in [3.63, 3.8) is 0 Å². The fourth-order valence-corrected chi connectivity index (χ4v) is 6.12. The smallest absolute Gasteiger partial charge is 0.444 e. The summed E-state index contributed by atoms with van der Waals surface area (Å²) < 4.78 is 90.5. The lowest BCUT2D eigenvalue weighted by Crippen LogP contribution is -2.51. The van der Waals surface area contributed by atoms with Gasteiger partial charge in [-0.3, -0.25) is 9.78 Å². The van der Waals surface area contributed by atoms with E-state index in [9.17, 15) is 36.0 Å². The SMILES string of the molecule is CC(C)(C)OC(=O)N[C@H]1CS(=O)(=O)c2cc(F)c(C3=NOC(=O)CC3)cc2N(Cc2ccc(-c3noc(C(F)(F)F)n3)nc2)C1=O. The number of sulfone groups is 1. The second kappa shape index (κ2) is 11.8. The Bertz CT molecular complexity index is 1850. The quantitative estimate of drug-likeness (QED) is 0.310. The summed E-state index contributed by atoms with van der Waals surface area (Å²) >= 11 is 0. The molecule has 0 spiro atoms. The third kappa shape index (κ3) is 6.98. The van der Waals surface area contributed by atoms with Crippen molar-refractivity contribution in [2.75, 3.05) is 10.7 Å². The Morgan fingerprint density at radius 1 is 1.15 bits per heavy atom. The lowest BCUT2D eigenvalue weighted by Gasteiger charge is -2.27. The predicted octanol–water partition coefficient (Wildman–Crippen LogP) is 3.54. The summed E-state index contributed by atoms with van der Waals surface area (Å²) in [6.07, 6.45) is -4.94. The minimum Gasteiger partial charge on any atom is -0.444 e. The van der Waals surface area contributed by atoms with Crippen LogP contribution in [0.15, 0.2) is 45.0 Å². The van der Waals surface area contributed by atoms with E-state index in [1.807, 2.05) is 0 Å². The molecule has 0 saturated heterocycles. The number of aromatic nitrogens is 3. The number of carbonyl (C=O) groups excluding carboxylic acids is 3. The number of pyridine rings is 1. The topological polar surface area (TPSA) is 183 Å². The number of benzene rings is 1. The number of hydrogen-bond donors (Lipinski definition) is 1. The first-order chi connectivity index (χ1) is 21.4. The molecule has 0 unspecified atom stereocenters. The zero-order valence-electron chi connectivity index (χ0n) is 24.2. The van der Waals surface area contributed by atoms with E-state index in [4.69, 9.17) is 4.74 Å². The molecule has 14 nitrogen and oxygen atoms in total. The van der Waals surface area contributed by atoms with Gasteiger partial charge in [0, 0.05) is 18.2 Å². The van der Waals surface area contributed by atoms with Crippen molar-refractivity contribution in [3.8, 4) is 11.5 Å². The second-order valence-electron chi connectivity index (χ2n) is 11.2. The van der Waals surface area contributed by atoms with Crippen molar-refractivity contribution in [3.05, 3.63) is 53.3 Å². The molecule has 1 atom stereocenters. The molecule has 0 aliphatic carbocycles. The summed E-state index contributed by atoms with van der Waals surface area (Å²) in [5.41, 5.74) is -1.37. The number of oxime groups is 1. The number of ether oxygens (including phenoxy) is 1. The average molecular weight is 669 g/mol. The molecule has 2 aromatic heterocycles. The van der Waals surface area contributed by atoms with Crippen LogP contribution in [0, 0.1) is 5.82 Å². The van der Waals surface area contributed by atoms with Crippen LogP contribution in [-0.4, -0.2) is 64.6 Å². The van der Waals surface area contributed by atoms with E-state index in [0.717, 1.165) is 11.0 Å². The number of alkyl halides is 3. The lowest BCUT2D eigenvalue weighted by atomic mass is 10.0. The number of fused-ring (bicyclic) bond motifs is 1. The van der Waals surface area contributed by atoms with Crippen molar-refractivity contribution < 1.29 is 54.5 Å². The van der Waals surface area contributed by atoms with Gasteiger partial charge in [-0.25, -0.2) is 22.4 Å². The zero-order chi connectivity index (χ0) is 33.6. The molecule has 0 radical (unpaired) electrons. The van der Waals surface area contributed by atoms with Crippen LogP contribution in [0.3, 0.4) is 0 Å². The number of rotatable bonds is 5. The third-order valence-electron chi connectivity index (χ3n) is 6.51. The highest BCUT2D eigenvalue weighted by molar-refractivity contribution is 7.91. The monoisotopic (exact) mass is 668 g/mol. The van der Waals surface area contributed by atoms with Crippen LogP contribution in [0.4, 0.5) is 28.0 Å². The van der Waals surface area contributed by atoms with E-state index in [2.05, 4.69) is 35.0 Å². The minimum absolute atomic E-state index is 0.0123. The van der Waals surface area contributed by atoms with Crippen LogP contribution in [0.25, 0.3) is 11.5 Å². The molecule has 0 saturated carbocycles. The number of nitrogens with one attached hydrogen (secondary N) is 1. The zero-order valence-corrected chi connectivity index (χ0v) is 25.0. The Balaban J connectivity index is 1.55. The molecule has 1 aromatic carbocycles. The third-order valence-corrected chi connectivity index (χ3v) is 8.28. The number of alkyl carbamates (subject to hydrolysis) is 1. The molecule has 5 rings (SSSR count). The standard InChI is InChI=1S/C27H24F4N6O8S/c1-26(2,3)43-25(40)33-18-12-46(41,42)20-9-15(28)14(16-6-7-21(38)44-35-16)8-19(20)37(23(18)39)11-13-4-5-17(32-10-13)22-34-24(45-36-22)27(29,30)31/h4-5,8-10,18H,6-7,11-12H2,1-3H3,(H,33,40)/t18-/m0/s1. The molecule has 4 heterocycles. The van der Waals surface area contributed by atoms with Gasteiger partial charge in [-0.15, -0.1) is 0 Å². The normalized spacial score (nSPS) is 18.3. The van der Waals surface area contributed by atoms with Crippen LogP contribution >= 0.6 is 0 Å². The highest BCUT2D eigenvalue weighted by atomic mass is 32.2. The summed E-state index contributed by atoms with van der Waals surface area (Å²) in [6.45, 7) is 4.29. The Morgan fingerprint density at radius 3 is 2.48 bits per heavy atom. The van der Waals surface area contributed by atoms with E-state index >= 15 is 4.39 Å². The molecule has 3 aromatic rings. The molecule has 2 aliphatic heterocycles. The largest absolute Gasteiger partial charge is 0.471 e. The maximum Gasteiger partial charge on any atom is 0.471 e. The van der Waals surface area contributed by atoms with E-state index in [1.165, 1.54) is 18.3 Å². The minimum atomic E-state index is -4.88.